The summed E-state index contributed by atoms with van der Waals surface area (Å²) in [6.45, 7) is 1.56. The topological polar surface area (TPSA) is 67.6 Å². The van der Waals surface area contributed by atoms with E-state index in [2.05, 4.69) is 4.98 Å². The molecule has 0 saturated carbocycles. The number of imidazole rings is 1. The first-order valence-corrected chi connectivity index (χ1v) is 4.67. The lowest BCUT2D eigenvalue weighted by molar-refractivity contribution is -0.173. The van der Waals surface area contributed by atoms with E-state index in [9.17, 15) is 13.2 Å². The summed E-state index contributed by atoms with van der Waals surface area (Å²) in [5.41, 5.74) is 5.44. The minimum absolute atomic E-state index is 0.160. The van der Waals surface area contributed by atoms with Gasteiger partial charge in [0, 0.05) is 18.4 Å². The van der Waals surface area contributed by atoms with Crippen LogP contribution in [0.5, 0.6) is 0 Å². The van der Waals surface area contributed by atoms with E-state index in [0.29, 0.717) is 0 Å². The van der Waals surface area contributed by atoms with Crippen LogP contribution in [0, 0.1) is 11.3 Å². The molecule has 1 aromatic heterocycles. The molecule has 4 nitrogen and oxygen atoms in total. The molecule has 0 fully saturated rings. The summed E-state index contributed by atoms with van der Waals surface area (Å²) in [7, 11) is 0. The van der Waals surface area contributed by atoms with Gasteiger partial charge < -0.3 is 10.3 Å². The van der Waals surface area contributed by atoms with Crippen LogP contribution in [0.4, 0.5) is 13.2 Å². The van der Waals surface area contributed by atoms with Crippen LogP contribution >= 0.6 is 0 Å². The zero-order valence-electron chi connectivity index (χ0n) is 8.57. The lowest BCUT2D eigenvalue weighted by Crippen LogP contribution is -2.41. The summed E-state index contributed by atoms with van der Waals surface area (Å²) in [5.74, 6) is -0.286. The Labute approximate surface area is 90.5 Å². The summed E-state index contributed by atoms with van der Waals surface area (Å²) >= 11 is 0. The number of nitrogens with two attached hydrogens (primary N) is 1. The highest BCUT2D eigenvalue weighted by Crippen LogP contribution is 2.34. The van der Waals surface area contributed by atoms with E-state index >= 15 is 0 Å². The van der Waals surface area contributed by atoms with Gasteiger partial charge in [0.2, 0.25) is 5.82 Å². The second-order valence-corrected chi connectivity index (χ2v) is 3.33. The summed E-state index contributed by atoms with van der Waals surface area (Å²) in [6.07, 6.45) is -2.07. The molecule has 2 unspecified atom stereocenters. The molecule has 0 saturated heterocycles. The quantitative estimate of drug-likeness (QED) is 0.860. The van der Waals surface area contributed by atoms with Crippen molar-refractivity contribution in [2.75, 3.05) is 0 Å². The van der Waals surface area contributed by atoms with Crippen LogP contribution in [0.3, 0.4) is 0 Å². The number of halogens is 3. The van der Waals surface area contributed by atoms with Gasteiger partial charge in [0.25, 0.3) is 0 Å². The molecule has 2 atom stereocenters. The Bertz CT molecular complexity index is 390. The molecule has 0 aliphatic heterocycles. The van der Waals surface area contributed by atoms with Crippen molar-refractivity contribution in [1.29, 1.82) is 5.26 Å². The van der Waals surface area contributed by atoms with Gasteiger partial charge in [0.1, 0.15) is 12.1 Å². The largest absolute Gasteiger partial charge is 0.410 e. The Hall–Kier alpha value is -1.55. The molecule has 0 radical (unpaired) electrons. The molecule has 1 aromatic rings. The normalized spacial score (nSPS) is 15.5. The monoisotopic (exact) mass is 232 g/mol. The number of hydrogen-bond donors (Lipinski definition) is 1. The molecule has 7 heteroatoms. The Morgan fingerprint density at radius 3 is 2.69 bits per heavy atom. The van der Waals surface area contributed by atoms with Gasteiger partial charge in [-0.25, -0.2) is 4.98 Å². The molecule has 0 amide bonds. The molecule has 0 bridgehead atoms. The fraction of sp³-hybridized carbons (Fsp3) is 0.556. The minimum Gasteiger partial charge on any atom is -0.326 e. The van der Waals surface area contributed by atoms with Crippen molar-refractivity contribution in [2.24, 2.45) is 5.73 Å². The predicted molar refractivity (Wildman–Crippen MR) is 50.3 cm³/mol. The van der Waals surface area contributed by atoms with E-state index in [0.717, 1.165) is 17.0 Å². The third kappa shape index (κ3) is 2.33. The number of alkyl halides is 3. The van der Waals surface area contributed by atoms with Crippen molar-refractivity contribution >= 4 is 0 Å². The van der Waals surface area contributed by atoms with E-state index in [-0.39, 0.29) is 12.2 Å². The van der Waals surface area contributed by atoms with Crippen LogP contribution in [0.25, 0.3) is 0 Å². The van der Waals surface area contributed by atoms with Crippen molar-refractivity contribution < 1.29 is 13.2 Å². The predicted octanol–water partition coefficient (Wildman–Crippen LogP) is 1.60. The first kappa shape index (κ1) is 12.5. The molecule has 0 spiro atoms. The standard InChI is InChI=1S/C9H11F3N4/c1-2-6(14)8(9(10,11)12)16-4-3-15-7(16)5-13/h3-4,6,8H,2,14H2,1H3. The van der Waals surface area contributed by atoms with Crippen LogP contribution in [0.15, 0.2) is 12.4 Å². The average Bonchev–Trinajstić information content (AvgIpc) is 2.63. The van der Waals surface area contributed by atoms with Crippen molar-refractivity contribution in [2.45, 2.75) is 31.6 Å². The van der Waals surface area contributed by atoms with Crippen LogP contribution in [-0.2, 0) is 0 Å². The second-order valence-electron chi connectivity index (χ2n) is 3.33. The van der Waals surface area contributed by atoms with Crippen molar-refractivity contribution in [1.82, 2.24) is 9.55 Å². The highest BCUT2D eigenvalue weighted by molar-refractivity contribution is 5.13. The van der Waals surface area contributed by atoms with E-state index in [1.807, 2.05) is 0 Å². The molecule has 0 aliphatic rings. The average molecular weight is 232 g/mol. The van der Waals surface area contributed by atoms with E-state index in [4.69, 9.17) is 11.0 Å². The SMILES string of the molecule is CCC(N)C(n1ccnc1C#N)C(F)(F)F. The maximum absolute atomic E-state index is 12.8. The zero-order valence-corrected chi connectivity index (χ0v) is 8.57. The maximum Gasteiger partial charge on any atom is 0.410 e. The molecule has 0 aliphatic carbocycles. The van der Waals surface area contributed by atoms with Crippen LogP contribution in [0.1, 0.15) is 25.2 Å². The molecule has 0 aromatic carbocycles. The number of hydrogen-bond acceptors (Lipinski definition) is 3. The Kier molecular flexibility index (Phi) is 3.55. The van der Waals surface area contributed by atoms with Gasteiger partial charge in [0.15, 0.2) is 0 Å². The maximum atomic E-state index is 12.8. The van der Waals surface area contributed by atoms with Crippen molar-refractivity contribution in [3.05, 3.63) is 18.2 Å². The lowest BCUT2D eigenvalue weighted by Gasteiger charge is -2.26. The molecule has 16 heavy (non-hydrogen) atoms. The number of nitrogens with zero attached hydrogens (tertiary/aromatic N) is 3. The fourth-order valence-corrected chi connectivity index (χ4v) is 1.45. The Morgan fingerprint density at radius 2 is 2.25 bits per heavy atom. The van der Waals surface area contributed by atoms with E-state index < -0.39 is 18.3 Å². The third-order valence-electron chi connectivity index (χ3n) is 2.28. The first-order chi connectivity index (χ1) is 7.41. The zero-order chi connectivity index (χ0) is 12.3. The van der Waals surface area contributed by atoms with E-state index in [1.54, 1.807) is 13.0 Å². The Morgan fingerprint density at radius 1 is 1.62 bits per heavy atom. The lowest BCUT2D eigenvalue weighted by atomic mass is 10.1. The van der Waals surface area contributed by atoms with Gasteiger partial charge in [0.05, 0.1) is 0 Å². The van der Waals surface area contributed by atoms with Crippen molar-refractivity contribution in [3.8, 4) is 6.07 Å². The van der Waals surface area contributed by atoms with Gasteiger partial charge in [-0.2, -0.15) is 18.4 Å². The number of nitriles is 1. The van der Waals surface area contributed by atoms with Gasteiger partial charge in [-0.15, -0.1) is 0 Å². The number of rotatable bonds is 3. The summed E-state index contributed by atoms with van der Waals surface area (Å²) in [6, 6.07) is -1.40. The fourth-order valence-electron chi connectivity index (χ4n) is 1.45. The molecule has 2 N–H and O–H groups in total. The summed E-state index contributed by atoms with van der Waals surface area (Å²) < 4.78 is 39.2. The van der Waals surface area contributed by atoms with E-state index in [1.165, 1.54) is 0 Å². The highest BCUT2D eigenvalue weighted by Gasteiger charge is 2.45. The van der Waals surface area contributed by atoms with Gasteiger partial charge in [-0.05, 0) is 6.42 Å². The third-order valence-corrected chi connectivity index (χ3v) is 2.28. The van der Waals surface area contributed by atoms with Gasteiger partial charge in [-0.1, -0.05) is 6.92 Å². The van der Waals surface area contributed by atoms with Gasteiger partial charge >= 0.3 is 6.18 Å². The smallest absolute Gasteiger partial charge is 0.326 e. The van der Waals surface area contributed by atoms with Crippen LogP contribution < -0.4 is 5.73 Å². The van der Waals surface area contributed by atoms with Crippen LogP contribution in [0.2, 0.25) is 0 Å². The highest BCUT2D eigenvalue weighted by atomic mass is 19.4. The molecule has 1 rings (SSSR count). The first-order valence-electron chi connectivity index (χ1n) is 4.67. The summed E-state index contributed by atoms with van der Waals surface area (Å²) in [5, 5.41) is 8.63. The van der Waals surface area contributed by atoms with Crippen LogP contribution in [-0.4, -0.2) is 21.8 Å². The minimum atomic E-state index is -4.50. The number of aromatic nitrogens is 2. The van der Waals surface area contributed by atoms with Gasteiger partial charge in [-0.3, -0.25) is 0 Å². The molecular weight excluding hydrogens is 221 g/mol. The molecule has 88 valence electrons. The second kappa shape index (κ2) is 4.53. The molecular formula is C9H11F3N4. The molecule has 1 heterocycles. The Balaban J connectivity index is 3.18. The summed E-state index contributed by atoms with van der Waals surface area (Å²) in [4.78, 5) is 3.53. The van der Waals surface area contributed by atoms with Crippen molar-refractivity contribution in [3.63, 3.8) is 0 Å².